The van der Waals surface area contributed by atoms with Crippen LogP contribution in [-0.2, 0) is 13.0 Å². The van der Waals surface area contributed by atoms with E-state index in [0.717, 1.165) is 25.4 Å². The van der Waals surface area contributed by atoms with Crippen LogP contribution >= 0.6 is 46.6 Å². The summed E-state index contributed by atoms with van der Waals surface area (Å²) in [6.07, 6.45) is 18.3. The van der Waals surface area contributed by atoms with Gasteiger partial charge in [0.15, 0.2) is 0 Å². The molecule has 0 fully saturated rings. The summed E-state index contributed by atoms with van der Waals surface area (Å²) in [5.74, 6) is 1.38. The molecule has 0 bridgehead atoms. The summed E-state index contributed by atoms with van der Waals surface area (Å²) in [4.78, 5) is 6.59. The molecule has 0 saturated heterocycles. The van der Waals surface area contributed by atoms with E-state index in [4.69, 9.17) is 0 Å². The van der Waals surface area contributed by atoms with Gasteiger partial charge in [0.2, 0.25) is 10.5 Å². The smallest absolute Gasteiger partial charge is 0.238 e. The van der Waals surface area contributed by atoms with Crippen molar-refractivity contribution in [3.8, 4) is 0 Å². The minimum absolute atomic E-state index is 0.637. The number of rotatable bonds is 7. The SMILES string of the molecule is CCN1/C(=C/C2=CC3=CC(Cc4sc5ccc(SC)cc5[n+]4CC)CCC3CC2)Sc2ccc(SC)cc21. The van der Waals surface area contributed by atoms with Crippen LogP contribution in [0.4, 0.5) is 5.69 Å². The van der Waals surface area contributed by atoms with Crippen molar-refractivity contribution in [2.75, 3.05) is 24.0 Å². The molecule has 0 spiro atoms. The van der Waals surface area contributed by atoms with Crippen molar-refractivity contribution in [2.24, 2.45) is 11.8 Å². The number of thiazole rings is 1. The highest BCUT2D eigenvalue weighted by Gasteiger charge is 2.30. The number of aryl methyl sites for hydroxylation is 1. The maximum absolute atomic E-state index is 2.64. The lowest BCUT2D eigenvalue weighted by Gasteiger charge is -2.31. The second-order valence-electron chi connectivity index (χ2n) is 10.4. The van der Waals surface area contributed by atoms with E-state index in [1.807, 2.05) is 46.6 Å². The first-order chi connectivity index (χ1) is 18.6. The molecule has 6 heteroatoms. The first kappa shape index (κ1) is 26.6. The molecule has 0 radical (unpaired) electrons. The van der Waals surface area contributed by atoms with Crippen LogP contribution in [0.1, 0.15) is 44.5 Å². The van der Waals surface area contributed by atoms with Crippen molar-refractivity contribution in [3.05, 3.63) is 75.8 Å². The molecule has 0 amide bonds. The number of nitrogens with zero attached hydrogens (tertiary/aromatic N) is 2. The zero-order valence-corrected chi connectivity index (χ0v) is 26.1. The summed E-state index contributed by atoms with van der Waals surface area (Å²) >= 11 is 7.60. The predicted octanol–water partition coefficient (Wildman–Crippen LogP) is 9.34. The molecular weight excluding hydrogens is 541 g/mol. The number of benzene rings is 2. The maximum Gasteiger partial charge on any atom is 0.238 e. The number of allylic oxidation sites excluding steroid dienone is 5. The molecule has 2 unspecified atom stereocenters. The Kier molecular flexibility index (Phi) is 8.04. The van der Waals surface area contributed by atoms with E-state index in [1.165, 1.54) is 71.9 Å². The van der Waals surface area contributed by atoms with Gasteiger partial charge in [0.25, 0.3) is 0 Å². The van der Waals surface area contributed by atoms with E-state index in [9.17, 15) is 0 Å². The van der Waals surface area contributed by atoms with Gasteiger partial charge in [-0.1, -0.05) is 35.3 Å². The van der Waals surface area contributed by atoms with Gasteiger partial charge in [-0.25, -0.2) is 0 Å². The maximum atomic E-state index is 2.64. The lowest BCUT2D eigenvalue weighted by molar-refractivity contribution is -0.671. The summed E-state index contributed by atoms with van der Waals surface area (Å²) < 4.78 is 3.99. The van der Waals surface area contributed by atoms with Gasteiger partial charge in [0.05, 0.1) is 10.7 Å². The number of hydrogen-bond donors (Lipinski definition) is 0. The Hall–Kier alpha value is -1.60. The molecule has 6 rings (SSSR count). The lowest BCUT2D eigenvalue weighted by Crippen LogP contribution is -2.36. The third-order valence-electron chi connectivity index (χ3n) is 8.22. The summed E-state index contributed by atoms with van der Waals surface area (Å²) in [5.41, 5.74) is 5.88. The van der Waals surface area contributed by atoms with Gasteiger partial charge in [0, 0.05) is 33.7 Å². The van der Waals surface area contributed by atoms with E-state index in [2.05, 4.69) is 90.5 Å². The molecule has 2 aromatic carbocycles. The minimum Gasteiger partial charge on any atom is -0.335 e. The molecule has 38 heavy (non-hydrogen) atoms. The summed E-state index contributed by atoms with van der Waals surface area (Å²) in [5, 5.41) is 2.92. The molecule has 2 heterocycles. The Morgan fingerprint density at radius 2 is 1.84 bits per heavy atom. The summed E-state index contributed by atoms with van der Waals surface area (Å²) in [7, 11) is 0. The quantitative estimate of drug-likeness (QED) is 0.204. The van der Waals surface area contributed by atoms with Gasteiger partial charge in [-0.3, -0.25) is 0 Å². The highest BCUT2D eigenvalue weighted by Crippen LogP contribution is 2.48. The molecule has 2 atom stereocenters. The Bertz CT molecular complexity index is 1450. The standard InChI is InChI=1S/C32H37N2S4/c1-5-33-27-19-25(35-3)11-13-29(27)37-31(33)17-21-7-9-23-10-8-22(16-24(23)15-21)18-32-34(6-2)28-20-26(36-4)12-14-30(28)38-32/h11-17,19-20,22-23H,5-10,18H2,1-4H3/q+1/b31-17-. The van der Waals surface area contributed by atoms with Crippen LogP contribution in [0.15, 0.2) is 85.5 Å². The first-order valence-electron chi connectivity index (χ1n) is 13.9. The largest absolute Gasteiger partial charge is 0.335 e. The Balaban J connectivity index is 1.25. The van der Waals surface area contributed by atoms with E-state index in [0.29, 0.717) is 5.92 Å². The van der Waals surface area contributed by atoms with Gasteiger partial charge in [-0.15, -0.1) is 23.5 Å². The van der Waals surface area contributed by atoms with E-state index in [-0.39, 0.29) is 0 Å². The van der Waals surface area contributed by atoms with Gasteiger partial charge >= 0.3 is 0 Å². The summed E-state index contributed by atoms with van der Waals surface area (Å²) in [6, 6.07) is 13.9. The Morgan fingerprint density at radius 3 is 2.63 bits per heavy atom. The average molecular weight is 578 g/mol. The van der Waals surface area contributed by atoms with Crippen molar-refractivity contribution in [2.45, 2.75) is 67.2 Å². The Morgan fingerprint density at radius 1 is 1.03 bits per heavy atom. The van der Waals surface area contributed by atoms with Crippen molar-refractivity contribution >= 4 is 62.5 Å². The fraction of sp³-hybridized carbons (Fsp3) is 0.406. The van der Waals surface area contributed by atoms with Crippen LogP contribution in [0.25, 0.3) is 10.2 Å². The molecule has 1 aromatic heterocycles. The van der Waals surface area contributed by atoms with Crippen molar-refractivity contribution in [1.29, 1.82) is 0 Å². The van der Waals surface area contributed by atoms with Crippen LogP contribution in [-0.4, -0.2) is 19.1 Å². The first-order valence-corrected chi connectivity index (χ1v) is 17.9. The topological polar surface area (TPSA) is 7.12 Å². The van der Waals surface area contributed by atoms with Crippen LogP contribution < -0.4 is 9.47 Å². The number of thioether (sulfide) groups is 3. The lowest BCUT2D eigenvalue weighted by atomic mass is 9.75. The summed E-state index contributed by atoms with van der Waals surface area (Å²) in [6.45, 7) is 6.62. The zero-order chi connectivity index (χ0) is 26.2. The molecule has 0 saturated carbocycles. The predicted molar refractivity (Wildman–Crippen MR) is 170 cm³/mol. The van der Waals surface area contributed by atoms with Gasteiger partial charge < -0.3 is 4.90 Å². The van der Waals surface area contributed by atoms with E-state index >= 15 is 0 Å². The molecule has 0 N–H and O–H groups in total. The van der Waals surface area contributed by atoms with Crippen LogP contribution in [0.2, 0.25) is 0 Å². The number of hydrogen-bond acceptors (Lipinski definition) is 5. The fourth-order valence-corrected chi connectivity index (χ4v) is 9.56. The minimum atomic E-state index is 0.637. The second-order valence-corrected chi connectivity index (χ2v) is 14.3. The zero-order valence-electron chi connectivity index (χ0n) is 22.8. The van der Waals surface area contributed by atoms with Crippen LogP contribution in [0, 0.1) is 11.8 Å². The molecule has 1 aliphatic heterocycles. The van der Waals surface area contributed by atoms with Gasteiger partial charge in [-0.2, -0.15) is 4.57 Å². The molecule has 2 nitrogen and oxygen atoms in total. The third-order valence-corrected chi connectivity index (χ3v) is 12.0. The van der Waals surface area contributed by atoms with E-state index in [1.54, 1.807) is 5.57 Å². The normalized spacial score (nSPS) is 22.0. The number of fused-ring (bicyclic) bond motifs is 3. The number of aromatic nitrogens is 1. The number of anilines is 1. The third kappa shape index (κ3) is 5.14. The van der Waals surface area contributed by atoms with Crippen molar-refractivity contribution in [3.63, 3.8) is 0 Å². The average Bonchev–Trinajstić information content (AvgIpc) is 3.47. The highest BCUT2D eigenvalue weighted by molar-refractivity contribution is 8.03. The Labute approximate surface area is 244 Å². The van der Waals surface area contributed by atoms with Crippen molar-refractivity contribution < 1.29 is 4.57 Å². The monoisotopic (exact) mass is 577 g/mol. The molecule has 198 valence electrons. The second kappa shape index (κ2) is 11.5. The van der Waals surface area contributed by atoms with Crippen LogP contribution in [0.3, 0.4) is 0 Å². The molecular formula is C32H37N2S4+. The highest BCUT2D eigenvalue weighted by atomic mass is 32.2. The van der Waals surface area contributed by atoms with Gasteiger partial charge in [0.1, 0.15) is 11.2 Å². The van der Waals surface area contributed by atoms with E-state index < -0.39 is 0 Å². The molecule has 3 aliphatic rings. The molecule has 2 aliphatic carbocycles. The van der Waals surface area contributed by atoms with Crippen molar-refractivity contribution in [1.82, 2.24) is 0 Å². The fourth-order valence-electron chi connectivity index (χ4n) is 6.21. The molecule has 3 aromatic rings. The van der Waals surface area contributed by atoms with Gasteiger partial charge in [-0.05, 0) is 111 Å². The van der Waals surface area contributed by atoms with Crippen LogP contribution in [0.5, 0.6) is 0 Å².